The van der Waals surface area contributed by atoms with E-state index in [1.54, 1.807) is 12.3 Å². The van der Waals surface area contributed by atoms with Gasteiger partial charge in [-0.3, -0.25) is 0 Å². The van der Waals surface area contributed by atoms with Crippen LogP contribution in [0.2, 0.25) is 5.15 Å². The van der Waals surface area contributed by atoms with Crippen molar-refractivity contribution in [3.8, 4) is 11.8 Å². The fraction of sp³-hybridized carbons (Fsp3) is 0.500. The Morgan fingerprint density at radius 2 is 2.12 bits per heavy atom. The quantitative estimate of drug-likeness (QED) is 0.740. The molecule has 0 radical (unpaired) electrons. The highest BCUT2D eigenvalue weighted by atomic mass is 35.5. The lowest BCUT2D eigenvalue weighted by molar-refractivity contribution is 0.154. The standard InChI is InChI=1S/C12H13ClN2O/c13-12-10(8-14)11(6-7-15-12)16-9-4-2-1-3-5-9/h6-7,9H,1-5H2. The number of pyridine rings is 1. The lowest BCUT2D eigenvalue weighted by Gasteiger charge is -2.23. The molecule has 84 valence electrons. The molecule has 0 atom stereocenters. The fourth-order valence-corrected chi connectivity index (χ4v) is 2.17. The summed E-state index contributed by atoms with van der Waals surface area (Å²) in [5.74, 6) is 0.564. The van der Waals surface area contributed by atoms with Crippen molar-refractivity contribution in [3.63, 3.8) is 0 Å². The predicted octanol–water partition coefficient (Wildman–Crippen LogP) is 3.32. The summed E-state index contributed by atoms with van der Waals surface area (Å²) in [4.78, 5) is 3.87. The van der Waals surface area contributed by atoms with Gasteiger partial charge in [0.1, 0.15) is 17.4 Å². The Hall–Kier alpha value is -1.27. The van der Waals surface area contributed by atoms with Crippen molar-refractivity contribution in [1.29, 1.82) is 5.26 Å². The molecule has 0 amide bonds. The van der Waals surface area contributed by atoms with Crippen LogP contribution in [-0.2, 0) is 0 Å². The Morgan fingerprint density at radius 3 is 2.81 bits per heavy atom. The zero-order chi connectivity index (χ0) is 11.4. The van der Waals surface area contributed by atoms with Crippen molar-refractivity contribution in [2.75, 3.05) is 0 Å². The van der Waals surface area contributed by atoms with Crippen LogP contribution in [-0.4, -0.2) is 11.1 Å². The smallest absolute Gasteiger partial charge is 0.150 e. The topological polar surface area (TPSA) is 45.9 Å². The maximum atomic E-state index is 8.97. The van der Waals surface area contributed by atoms with E-state index in [0.29, 0.717) is 11.3 Å². The molecule has 1 aliphatic carbocycles. The van der Waals surface area contributed by atoms with E-state index in [1.165, 1.54) is 19.3 Å². The van der Waals surface area contributed by atoms with Gasteiger partial charge in [-0.1, -0.05) is 18.0 Å². The van der Waals surface area contributed by atoms with Crippen LogP contribution in [0.25, 0.3) is 0 Å². The van der Waals surface area contributed by atoms with Crippen LogP contribution in [0.1, 0.15) is 37.7 Å². The van der Waals surface area contributed by atoms with Gasteiger partial charge in [-0.05, 0) is 31.7 Å². The molecule has 1 saturated carbocycles. The van der Waals surface area contributed by atoms with Crippen molar-refractivity contribution in [3.05, 3.63) is 23.0 Å². The van der Waals surface area contributed by atoms with Crippen LogP contribution in [0, 0.1) is 11.3 Å². The summed E-state index contributed by atoms with van der Waals surface area (Å²) in [6, 6.07) is 3.74. The van der Waals surface area contributed by atoms with Gasteiger partial charge >= 0.3 is 0 Å². The molecule has 1 fully saturated rings. The van der Waals surface area contributed by atoms with Crippen molar-refractivity contribution in [1.82, 2.24) is 4.98 Å². The van der Waals surface area contributed by atoms with Crippen molar-refractivity contribution >= 4 is 11.6 Å². The second kappa shape index (κ2) is 5.18. The molecule has 3 nitrogen and oxygen atoms in total. The van der Waals surface area contributed by atoms with Crippen molar-refractivity contribution in [2.24, 2.45) is 0 Å². The average molecular weight is 237 g/mol. The van der Waals surface area contributed by atoms with E-state index in [4.69, 9.17) is 21.6 Å². The molecule has 0 saturated heterocycles. The first kappa shape index (κ1) is 11.2. The Kier molecular flexibility index (Phi) is 3.63. The van der Waals surface area contributed by atoms with E-state index in [9.17, 15) is 0 Å². The van der Waals surface area contributed by atoms with Gasteiger partial charge in [-0.15, -0.1) is 0 Å². The maximum Gasteiger partial charge on any atom is 0.150 e. The van der Waals surface area contributed by atoms with Crippen molar-refractivity contribution < 1.29 is 4.74 Å². The second-order valence-corrected chi connectivity index (χ2v) is 4.32. The SMILES string of the molecule is N#Cc1c(OC2CCCCC2)ccnc1Cl. The van der Waals surface area contributed by atoms with Gasteiger partial charge in [0.2, 0.25) is 0 Å². The number of nitriles is 1. The summed E-state index contributed by atoms with van der Waals surface area (Å²) in [5.41, 5.74) is 0.342. The normalized spacial score (nSPS) is 16.8. The Balaban J connectivity index is 2.14. The van der Waals surface area contributed by atoms with E-state index >= 15 is 0 Å². The van der Waals surface area contributed by atoms with Gasteiger partial charge in [0.15, 0.2) is 5.15 Å². The zero-order valence-electron chi connectivity index (χ0n) is 8.95. The number of hydrogen-bond acceptors (Lipinski definition) is 3. The summed E-state index contributed by atoms with van der Waals surface area (Å²) < 4.78 is 5.81. The molecule has 16 heavy (non-hydrogen) atoms. The minimum absolute atomic E-state index is 0.218. The summed E-state index contributed by atoms with van der Waals surface area (Å²) in [6.07, 6.45) is 7.59. The van der Waals surface area contributed by atoms with Crippen LogP contribution >= 0.6 is 11.6 Å². The number of ether oxygens (including phenoxy) is 1. The Morgan fingerprint density at radius 1 is 1.38 bits per heavy atom. The molecule has 1 heterocycles. The number of nitrogens with zero attached hydrogens (tertiary/aromatic N) is 2. The summed E-state index contributed by atoms with van der Waals surface area (Å²) in [5, 5.41) is 9.19. The second-order valence-electron chi connectivity index (χ2n) is 3.96. The molecule has 1 aliphatic rings. The molecule has 0 spiro atoms. The van der Waals surface area contributed by atoms with Crippen LogP contribution in [0.5, 0.6) is 5.75 Å². The first-order valence-corrected chi connectivity index (χ1v) is 5.90. The molecule has 0 aromatic carbocycles. The Labute approximate surface area is 100 Å². The number of rotatable bonds is 2. The Bertz CT molecular complexity index is 408. The molecular formula is C12H13ClN2O. The molecule has 4 heteroatoms. The average Bonchev–Trinajstić information content (AvgIpc) is 2.31. The van der Waals surface area contributed by atoms with Crippen LogP contribution in [0.4, 0.5) is 0 Å². The largest absolute Gasteiger partial charge is 0.489 e. The van der Waals surface area contributed by atoms with E-state index in [2.05, 4.69) is 4.98 Å². The van der Waals surface area contributed by atoms with Crippen LogP contribution in [0.15, 0.2) is 12.3 Å². The molecule has 0 N–H and O–H groups in total. The van der Waals surface area contributed by atoms with Gasteiger partial charge in [0.05, 0.1) is 6.10 Å². The minimum atomic E-state index is 0.218. The van der Waals surface area contributed by atoms with Crippen LogP contribution in [0.3, 0.4) is 0 Å². The maximum absolute atomic E-state index is 8.97. The van der Waals surface area contributed by atoms with Gasteiger partial charge in [-0.2, -0.15) is 5.26 Å². The zero-order valence-corrected chi connectivity index (χ0v) is 9.70. The third-order valence-electron chi connectivity index (χ3n) is 2.82. The lowest BCUT2D eigenvalue weighted by Crippen LogP contribution is -2.20. The highest BCUT2D eigenvalue weighted by Crippen LogP contribution is 2.28. The highest BCUT2D eigenvalue weighted by molar-refractivity contribution is 6.30. The van der Waals surface area contributed by atoms with Gasteiger partial charge in [-0.25, -0.2) is 4.98 Å². The fourth-order valence-electron chi connectivity index (χ4n) is 1.98. The molecule has 0 bridgehead atoms. The van der Waals surface area contributed by atoms with Crippen LogP contribution < -0.4 is 4.74 Å². The van der Waals surface area contributed by atoms with E-state index in [-0.39, 0.29) is 11.3 Å². The molecular weight excluding hydrogens is 224 g/mol. The number of aromatic nitrogens is 1. The molecule has 1 aromatic rings. The van der Waals surface area contributed by atoms with Gasteiger partial charge in [0, 0.05) is 6.20 Å². The monoisotopic (exact) mass is 236 g/mol. The van der Waals surface area contributed by atoms with E-state index in [1.807, 2.05) is 6.07 Å². The first-order chi connectivity index (χ1) is 7.81. The summed E-state index contributed by atoms with van der Waals surface area (Å²) >= 11 is 5.83. The highest BCUT2D eigenvalue weighted by Gasteiger charge is 2.17. The molecule has 1 aromatic heterocycles. The van der Waals surface area contributed by atoms with E-state index < -0.39 is 0 Å². The number of hydrogen-bond donors (Lipinski definition) is 0. The minimum Gasteiger partial charge on any atom is -0.489 e. The first-order valence-electron chi connectivity index (χ1n) is 5.52. The predicted molar refractivity (Wildman–Crippen MR) is 61.5 cm³/mol. The summed E-state index contributed by atoms with van der Waals surface area (Å²) in [7, 11) is 0. The van der Waals surface area contributed by atoms with Gasteiger partial charge < -0.3 is 4.74 Å². The van der Waals surface area contributed by atoms with E-state index in [0.717, 1.165) is 12.8 Å². The third kappa shape index (κ3) is 2.45. The molecule has 0 unspecified atom stereocenters. The third-order valence-corrected chi connectivity index (χ3v) is 3.11. The molecule has 2 rings (SSSR count). The molecule has 0 aliphatic heterocycles. The summed E-state index contributed by atoms with van der Waals surface area (Å²) in [6.45, 7) is 0. The van der Waals surface area contributed by atoms with Crippen molar-refractivity contribution in [2.45, 2.75) is 38.2 Å². The lowest BCUT2D eigenvalue weighted by atomic mass is 9.98. The number of halogens is 1. The van der Waals surface area contributed by atoms with Gasteiger partial charge in [0.25, 0.3) is 0 Å².